The highest BCUT2D eigenvalue weighted by Crippen LogP contribution is 2.43. The lowest BCUT2D eigenvalue weighted by molar-refractivity contribution is 0.156. The van der Waals surface area contributed by atoms with Gasteiger partial charge in [0.2, 0.25) is 0 Å². The minimum atomic E-state index is -0.465. The normalized spacial score (nSPS) is 12.5. The van der Waals surface area contributed by atoms with Gasteiger partial charge in [0, 0.05) is 16.8 Å². The Hall–Kier alpha value is -3.27. The van der Waals surface area contributed by atoms with E-state index < -0.39 is 6.09 Å². The van der Waals surface area contributed by atoms with Gasteiger partial charge in [0.05, 0.1) is 5.92 Å². The zero-order valence-electron chi connectivity index (χ0n) is 13.5. The molecular formula is C21H17NO3. The first-order valence-corrected chi connectivity index (χ1v) is 8.16. The monoisotopic (exact) mass is 331 g/mol. The van der Waals surface area contributed by atoms with E-state index in [9.17, 15) is 4.79 Å². The Bertz CT molecular complexity index is 847. The van der Waals surface area contributed by atoms with Crippen LogP contribution < -0.4 is 10.1 Å². The number of nitrogens with one attached hydrogen (secondary N) is 1. The number of anilines is 1. The predicted molar refractivity (Wildman–Crippen MR) is 96.2 cm³/mol. The molecule has 0 saturated carbocycles. The molecule has 0 bridgehead atoms. The highest BCUT2D eigenvalue weighted by atomic mass is 16.5. The summed E-state index contributed by atoms with van der Waals surface area (Å²) in [6, 6.07) is 24.9. The quantitative estimate of drug-likeness (QED) is 0.720. The SMILES string of the molecule is O=C(Nc1ccccc1)OCC1c2ccccc2Oc2ccccc21. The van der Waals surface area contributed by atoms with Crippen LogP contribution in [0.25, 0.3) is 0 Å². The van der Waals surface area contributed by atoms with Crippen LogP contribution in [0.3, 0.4) is 0 Å². The summed E-state index contributed by atoms with van der Waals surface area (Å²) in [5.41, 5.74) is 2.75. The van der Waals surface area contributed by atoms with Crippen molar-refractivity contribution in [2.45, 2.75) is 5.92 Å². The van der Waals surface area contributed by atoms with Crippen LogP contribution >= 0.6 is 0 Å². The Kier molecular flexibility index (Phi) is 4.09. The number of benzene rings is 3. The molecule has 4 heteroatoms. The number of para-hydroxylation sites is 3. The van der Waals surface area contributed by atoms with Crippen LogP contribution in [-0.2, 0) is 4.74 Å². The van der Waals surface area contributed by atoms with E-state index in [2.05, 4.69) is 5.32 Å². The Morgan fingerprint density at radius 3 is 2.04 bits per heavy atom. The van der Waals surface area contributed by atoms with E-state index in [4.69, 9.17) is 9.47 Å². The molecule has 1 N–H and O–H groups in total. The van der Waals surface area contributed by atoms with Crippen LogP contribution in [0.2, 0.25) is 0 Å². The minimum absolute atomic E-state index is 0.0531. The smallest absolute Gasteiger partial charge is 0.411 e. The Morgan fingerprint density at radius 2 is 1.40 bits per heavy atom. The molecule has 1 heterocycles. The number of carbonyl (C=O) groups excluding carboxylic acids is 1. The van der Waals surface area contributed by atoms with Crippen LogP contribution in [-0.4, -0.2) is 12.7 Å². The summed E-state index contributed by atoms with van der Waals surface area (Å²) >= 11 is 0. The molecule has 0 aromatic heterocycles. The zero-order valence-corrected chi connectivity index (χ0v) is 13.5. The average molecular weight is 331 g/mol. The molecular weight excluding hydrogens is 314 g/mol. The molecule has 0 fully saturated rings. The molecule has 0 atom stereocenters. The third-order valence-electron chi connectivity index (χ3n) is 4.21. The molecule has 1 amide bonds. The lowest BCUT2D eigenvalue weighted by atomic mass is 9.89. The maximum Gasteiger partial charge on any atom is 0.411 e. The van der Waals surface area contributed by atoms with Crippen molar-refractivity contribution in [3.63, 3.8) is 0 Å². The molecule has 3 aromatic carbocycles. The van der Waals surface area contributed by atoms with E-state index in [1.807, 2.05) is 78.9 Å². The molecule has 1 aliphatic heterocycles. The van der Waals surface area contributed by atoms with Gasteiger partial charge < -0.3 is 9.47 Å². The first kappa shape index (κ1) is 15.3. The first-order chi connectivity index (χ1) is 12.3. The van der Waals surface area contributed by atoms with E-state index >= 15 is 0 Å². The standard InChI is InChI=1S/C21H17NO3/c23-21(22-15-8-2-1-3-9-15)24-14-18-16-10-4-6-12-19(16)25-20-13-7-5-11-17(18)20/h1-13,18H,14H2,(H,22,23). The third-order valence-corrected chi connectivity index (χ3v) is 4.21. The molecule has 0 aliphatic carbocycles. The summed E-state index contributed by atoms with van der Waals surface area (Å²) in [4.78, 5) is 12.1. The van der Waals surface area contributed by atoms with Crippen molar-refractivity contribution in [1.82, 2.24) is 0 Å². The lowest BCUT2D eigenvalue weighted by Gasteiger charge is -2.27. The maximum absolute atomic E-state index is 12.1. The molecule has 4 rings (SSSR count). The highest BCUT2D eigenvalue weighted by Gasteiger charge is 2.27. The molecule has 0 unspecified atom stereocenters. The summed E-state index contributed by atoms with van der Waals surface area (Å²) in [7, 11) is 0. The van der Waals surface area contributed by atoms with Gasteiger partial charge >= 0.3 is 6.09 Å². The number of carbonyl (C=O) groups is 1. The van der Waals surface area contributed by atoms with Crippen molar-refractivity contribution < 1.29 is 14.3 Å². The van der Waals surface area contributed by atoms with Crippen LogP contribution in [0.5, 0.6) is 11.5 Å². The topological polar surface area (TPSA) is 47.6 Å². The van der Waals surface area contributed by atoms with Crippen molar-refractivity contribution in [2.75, 3.05) is 11.9 Å². The Morgan fingerprint density at radius 1 is 0.840 bits per heavy atom. The molecule has 4 nitrogen and oxygen atoms in total. The van der Waals surface area contributed by atoms with Gasteiger partial charge in [-0.1, -0.05) is 54.6 Å². The molecule has 0 spiro atoms. The number of fused-ring (bicyclic) bond motifs is 2. The number of ether oxygens (including phenoxy) is 2. The Labute approximate surface area is 146 Å². The summed E-state index contributed by atoms with van der Waals surface area (Å²) in [5, 5.41) is 2.74. The number of amides is 1. The van der Waals surface area contributed by atoms with Gasteiger partial charge in [-0.3, -0.25) is 5.32 Å². The van der Waals surface area contributed by atoms with Gasteiger partial charge in [-0.05, 0) is 24.3 Å². The molecule has 0 radical (unpaired) electrons. The zero-order chi connectivity index (χ0) is 17.1. The van der Waals surface area contributed by atoms with Crippen molar-refractivity contribution in [2.24, 2.45) is 0 Å². The maximum atomic E-state index is 12.1. The first-order valence-electron chi connectivity index (χ1n) is 8.16. The minimum Gasteiger partial charge on any atom is -0.457 e. The molecule has 25 heavy (non-hydrogen) atoms. The number of rotatable bonds is 3. The second-order valence-corrected chi connectivity index (χ2v) is 5.82. The highest BCUT2D eigenvalue weighted by molar-refractivity contribution is 5.84. The van der Waals surface area contributed by atoms with Crippen LogP contribution in [0.1, 0.15) is 17.0 Å². The van der Waals surface area contributed by atoms with E-state index in [1.54, 1.807) is 0 Å². The predicted octanol–water partition coefficient (Wildman–Crippen LogP) is 5.17. The fourth-order valence-electron chi connectivity index (χ4n) is 3.02. The largest absolute Gasteiger partial charge is 0.457 e. The summed E-state index contributed by atoms with van der Waals surface area (Å²) in [5.74, 6) is 1.55. The van der Waals surface area contributed by atoms with Crippen LogP contribution in [0.15, 0.2) is 78.9 Å². The molecule has 124 valence electrons. The molecule has 0 saturated heterocycles. The van der Waals surface area contributed by atoms with Crippen molar-refractivity contribution in [3.05, 3.63) is 90.0 Å². The van der Waals surface area contributed by atoms with Crippen LogP contribution in [0.4, 0.5) is 10.5 Å². The lowest BCUT2D eigenvalue weighted by Crippen LogP contribution is -2.20. The average Bonchev–Trinajstić information content (AvgIpc) is 2.66. The second kappa shape index (κ2) is 6.69. The van der Waals surface area contributed by atoms with Gasteiger partial charge in [-0.2, -0.15) is 0 Å². The number of hydrogen-bond donors (Lipinski definition) is 1. The van der Waals surface area contributed by atoms with E-state index in [0.717, 1.165) is 22.6 Å². The van der Waals surface area contributed by atoms with E-state index in [-0.39, 0.29) is 12.5 Å². The van der Waals surface area contributed by atoms with Crippen molar-refractivity contribution >= 4 is 11.8 Å². The van der Waals surface area contributed by atoms with Gasteiger partial charge in [0.1, 0.15) is 18.1 Å². The summed E-state index contributed by atoms with van der Waals surface area (Å²) < 4.78 is 11.4. The van der Waals surface area contributed by atoms with Crippen molar-refractivity contribution in [3.8, 4) is 11.5 Å². The summed E-state index contributed by atoms with van der Waals surface area (Å²) in [6.45, 7) is 0.246. The summed E-state index contributed by atoms with van der Waals surface area (Å²) in [6.07, 6.45) is -0.465. The fraction of sp³-hybridized carbons (Fsp3) is 0.0952. The van der Waals surface area contributed by atoms with Crippen LogP contribution in [0, 0.1) is 0 Å². The Balaban J connectivity index is 1.53. The third kappa shape index (κ3) is 3.19. The molecule has 3 aromatic rings. The van der Waals surface area contributed by atoms with Gasteiger partial charge in [-0.15, -0.1) is 0 Å². The van der Waals surface area contributed by atoms with Gasteiger partial charge in [-0.25, -0.2) is 4.79 Å². The van der Waals surface area contributed by atoms with Crippen molar-refractivity contribution in [1.29, 1.82) is 0 Å². The molecule has 1 aliphatic rings. The number of hydrogen-bond acceptors (Lipinski definition) is 3. The fourth-order valence-corrected chi connectivity index (χ4v) is 3.02. The van der Waals surface area contributed by atoms with E-state index in [0.29, 0.717) is 5.69 Å². The second-order valence-electron chi connectivity index (χ2n) is 5.82. The van der Waals surface area contributed by atoms with E-state index in [1.165, 1.54) is 0 Å². The van der Waals surface area contributed by atoms with Gasteiger partial charge in [0.25, 0.3) is 0 Å². The van der Waals surface area contributed by atoms with Gasteiger partial charge in [0.15, 0.2) is 0 Å².